The first-order valence-electron chi connectivity index (χ1n) is 9.14. The maximum Gasteiger partial charge on any atom is 0.266 e. The molecule has 0 spiro atoms. The van der Waals surface area contributed by atoms with Crippen molar-refractivity contribution in [2.24, 2.45) is 0 Å². The number of nitrogens with one attached hydrogen (secondary N) is 1. The van der Waals surface area contributed by atoms with Crippen molar-refractivity contribution in [1.82, 2.24) is 9.97 Å². The molecule has 2 aromatic heterocycles. The van der Waals surface area contributed by atoms with Gasteiger partial charge in [-0.3, -0.25) is 10.1 Å². The Balaban J connectivity index is 1.57. The molecular formula is C21H21ClFN3O3S. The summed E-state index contributed by atoms with van der Waals surface area (Å²) in [6.07, 6.45) is 0.555. The van der Waals surface area contributed by atoms with E-state index < -0.39 is 11.9 Å². The number of pyridine rings is 1. The number of benzene rings is 1. The van der Waals surface area contributed by atoms with Gasteiger partial charge in [-0.15, -0.1) is 11.3 Å². The highest BCUT2D eigenvalue weighted by Gasteiger charge is 2.20. The summed E-state index contributed by atoms with van der Waals surface area (Å²) in [6.45, 7) is 7.82. The minimum atomic E-state index is -0.742. The third-order valence-electron chi connectivity index (χ3n) is 4.00. The molecule has 0 bridgehead atoms. The predicted octanol–water partition coefficient (Wildman–Crippen LogP) is 5.83. The van der Waals surface area contributed by atoms with E-state index in [9.17, 15) is 9.18 Å². The Labute approximate surface area is 183 Å². The zero-order valence-corrected chi connectivity index (χ0v) is 18.5. The van der Waals surface area contributed by atoms with E-state index in [0.29, 0.717) is 16.6 Å². The van der Waals surface area contributed by atoms with Crippen molar-refractivity contribution in [2.45, 2.75) is 39.2 Å². The van der Waals surface area contributed by atoms with Crippen LogP contribution in [0.25, 0.3) is 0 Å². The Morgan fingerprint density at radius 2 is 1.90 bits per heavy atom. The molecule has 0 aliphatic carbocycles. The van der Waals surface area contributed by atoms with Gasteiger partial charge in [-0.25, -0.2) is 14.4 Å². The highest BCUT2D eigenvalue weighted by molar-refractivity contribution is 7.14. The van der Waals surface area contributed by atoms with Gasteiger partial charge in [0, 0.05) is 17.0 Å². The molecule has 1 N–H and O–H groups in total. The van der Waals surface area contributed by atoms with Crippen LogP contribution in [0.4, 0.5) is 9.52 Å². The van der Waals surface area contributed by atoms with Gasteiger partial charge in [0.15, 0.2) is 17.1 Å². The molecule has 3 aromatic rings. The molecule has 158 valence electrons. The number of carbonyl (C=O) groups excluding carboxylic acids is 1. The highest BCUT2D eigenvalue weighted by Crippen LogP contribution is 2.28. The van der Waals surface area contributed by atoms with Gasteiger partial charge in [0.05, 0.1) is 10.7 Å². The van der Waals surface area contributed by atoms with Gasteiger partial charge >= 0.3 is 0 Å². The van der Waals surface area contributed by atoms with Crippen LogP contribution in [0.1, 0.15) is 33.4 Å². The first-order chi connectivity index (χ1) is 14.1. The standard InChI is InChI=1S/C21H21ClFN3O3S/c1-12(18(27)26-20-25-17(11-30-20)21(2,3)4)28-14-5-7-15(8-6-14)29-19-16(23)9-13(22)10-24-19/h5-12H,1-4H3,(H,25,26,27)/t12-/m1/s1. The summed E-state index contributed by atoms with van der Waals surface area (Å²) in [5, 5.41) is 5.41. The van der Waals surface area contributed by atoms with E-state index in [1.54, 1.807) is 31.2 Å². The lowest BCUT2D eigenvalue weighted by Crippen LogP contribution is -2.30. The average molecular weight is 450 g/mol. The molecule has 9 heteroatoms. The molecule has 0 aliphatic rings. The number of amides is 1. The number of carbonyl (C=O) groups is 1. The molecule has 2 heterocycles. The van der Waals surface area contributed by atoms with Crippen molar-refractivity contribution >= 4 is 34.0 Å². The number of rotatable bonds is 6. The van der Waals surface area contributed by atoms with Gasteiger partial charge in [0.25, 0.3) is 11.8 Å². The molecule has 0 saturated carbocycles. The van der Waals surface area contributed by atoms with Crippen molar-refractivity contribution in [1.29, 1.82) is 0 Å². The lowest BCUT2D eigenvalue weighted by molar-refractivity contribution is -0.122. The maximum atomic E-state index is 13.8. The topological polar surface area (TPSA) is 73.3 Å². The number of thiazole rings is 1. The summed E-state index contributed by atoms with van der Waals surface area (Å²) in [5.74, 6) is -0.323. The van der Waals surface area contributed by atoms with Crippen LogP contribution in [0, 0.1) is 5.82 Å². The molecule has 0 fully saturated rings. The Bertz CT molecular complexity index is 1030. The Morgan fingerprint density at radius 3 is 2.50 bits per heavy atom. The largest absolute Gasteiger partial charge is 0.481 e. The average Bonchev–Trinajstić information content (AvgIpc) is 3.14. The number of halogens is 2. The van der Waals surface area contributed by atoms with Crippen LogP contribution >= 0.6 is 22.9 Å². The number of hydrogen-bond acceptors (Lipinski definition) is 6. The fourth-order valence-corrected chi connectivity index (χ4v) is 3.40. The van der Waals surface area contributed by atoms with E-state index in [2.05, 4.69) is 36.1 Å². The van der Waals surface area contributed by atoms with E-state index in [1.807, 2.05) is 5.38 Å². The fraction of sp³-hybridized carbons (Fsp3) is 0.286. The number of nitrogens with zero attached hydrogens (tertiary/aromatic N) is 2. The SMILES string of the molecule is C[C@@H](Oc1ccc(Oc2ncc(Cl)cc2F)cc1)C(=O)Nc1nc(C(C)(C)C)cs1. The molecule has 30 heavy (non-hydrogen) atoms. The van der Waals surface area contributed by atoms with Crippen molar-refractivity contribution in [3.05, 3.63) is 58.4 Å². The highest BCUT2D eigenvalue weighted by atomic mass is 35.5. The van der Waals surface area contributed by atoms with Crippen LogP contribution in [0.5, 0.6) is 17.4 Å². The van der Waals surface area contributed by atoms with Crippen LogP contribution in [-0.2, 0) is 10.2 Å². The fourth-order valence-electron chi connectivity index (χ4n) is 2.32. The van der Waals surface area contributed by atoms with Gasteiger partial charge in [0.1, 0.15) is 11.5 Å². The molecule has 0 radical (unpaired) electrons. The molecule has 1 atom stereocenters. The Kier molecular flexibility index (Phi) is 6.58. The van der Waals surface area contributed by atoms with Gasteiger partial charge in [-0.05, 0) is 37.3 Å². The first kappa shape index (κ1) is 22.0. The van der Waals surface area contributed by atoms with Crippen LogP contribution in [-0.4, -0.2) is 22.0 Å². The second-order valence-electron chi connectivity index (χ2n) is 7.55. The zero-order chi connectivity index (χ0) is 21.9. The number of anilines is 1. The number of hydrogen-bond donors (Lipinski definition) is 1. The molecule has 0 unspecified atom stereocenters. The molecular weight excluding hydrogens is 429 g/mol. The lowest BCUT2D eigenvalue weighted by Gasteiger charge is -2.15. The second kappa shape index (κ2) is 8.97. The number of aromatic nitrogens is 2. The lowest BCUT2D eigenvalue weighted by atomic mass is 9.93. The normalized spacial score (nSPS) is 12.3. The van der Waals surface area contributed by atoms with Gasteiger partial charge in [-0.1, -0.05) is 32.4 Å². The molecule has 1 aromatic carbocycles. The maximum absolute atomic E-state index is 13.8. The third kappa shape index (κ3) is 5.67. The van der Waals surface area contributed by atoms with E-state index >= 15 is 0 Å². The minimum Gasteiger partial charge on any atom is -0.481 e. The summed E-state index contributed by atoms with van der Waals surface area (Å²) in [7, 11) is 0. The molecule has 0 saturated heterocycles. The first-order valence-corrected chi connectivity index (χ1v) is 10.4. The minimum absolute atomic E-state index is 0.0874. The zero-order valence-electron chi connectivity index (χ0n) is 16.9. The van der Waals surface area contributed by atoms with Crippen molar-refractivity contribution in [2.75, 3.05) is 5.32 Å². The number of ether oxygens (including phenoxy) is 2. The van der Waals surface area contributed by atoms with E-state index in [1.165, 1.54) is 17.5 Å². The van der Waals surface area contributed by atoms with Gasteiger partial charge in [0.2, 0.25) is 0 Å². The molecule has 1 amide bonds. The van der Waals surface area contributed by atoms with Crippen molar-refractivity contribution in [3.63, 3.8) is 0 Å². The third-order valence-corrected chi connectivity index (χ3v) is 4.96. The van der Waals surface area contributed by atoms with Gasteiger partial charge < -0.3 is 9.47 Å². The summed E-state index contributed by atoms with van der Waals surface area (Å²) in [4.78, 5) is 20.6. The summed E-state index contributed by atoms with van der Waals surface area (Å²) >= 11 is 7.05. The predicted molar refractivity (Wildman–Crippen MR) is 115 cm³/mol. The second-order valence-corrected chi connectivity index (χ2v) is 8.85. The van der Waals surface area contributed by atoms with E-state index in [0.717, 1.165) is 11.8 Å². The Hall–Kier alpha value is -2.71. The van der Waals surface area contributed by atoms with Crippen LogP contribution in [0.15, 0.2) is 41.9 Å². The Morgan fingerprint density at radius 1 is 1.23 bits per heavy atom. The molecule has 3 rings (SSSR count). The quantitative estimate of drug-likeness (QED) is 0.512. The summed E-state index contributed by atoms with van der Waals surface area (Å²) in [6, 6.07) is 7.54. The molecule has 0 aliphatic heterocycles. The molecule has 6 nitrogen and oxygen atoms in total. The van der Waals surface area contributed by atoms with Crippen molar-refractivity contribution < 1.29 is 18.7 Å². The van der Waals surface area contributed by atoms with E-state index in [4.69, 9.17) is 21.1 Å². The van der Waals surface area contributed by atoms with Crippen LogP contribution in [0.2, 0.25) is 5.02 Å². The van der Waals surface area contributed by atoms with Crippen molar-refractivity contribution in [3.8, 4) is 17.4 Å². The van der Waals surface area contributed by atoms with Crippen LogP contribution < -0.4 is 14.8 Å². The van der Waals surface area contributed by atoms with Crippen LogP contribution in [0.3, 0.4) is 0 Å². The smallest absolute Gasteiger partial charge is 0.266 e. The van der Waals surface area contributed by atoms with E-state index in [-0.39, 0.29) is 22.2 Å². The monoisotopic (exact) mass is 449 g/mol. The van der Waals surface area contributed by atoms with Gasteiger partial charge in [-0.2, -0.15) is 0 Å². The summed E-state index contributed by atoms with van der Waals surface area (Å²) in [5.41, 5.74) is 0.828. The summed E-state index contributed by atoms with van der Waals surface area (Å²) < 4.78 is 24.8.